The van der Waals surface area contributed by atoms with Gasteiger partial charge in [0, 0.05) is 33.0 Å². The largest absolute Gasteiger partial charge is 0.352 e. The Kier molecular flexibility index (Phi) is 6.00. The van der Waals surface area contributed by atoms with Gasteiger partial charge >= 0.3 is 0 Å². The lowest BCUT2D eigenvalue weighted by Crippen LogP contribution is -2.25. The Morgan fingerprint density at radius 3 is 2.67 bits per heavy atom. The molecule has 152 valence electrons. The third-order valence-electron chi connectivity index (χ3n) is 4.92. The number of benzene rings is 3. The summed E-state index contributed by atoms with van der Waals surface area (Å²) >= 11 is 1.61. The van der Waals surface area contributed by atoms with Crippen LogP contribution in [0.3, 0.4) is 0 Å². The molecule has 4 rings (SSSR count). The Balaban J connectivity index is 1.75. The number of rotatable bonds is 5. The first-order valence-electron chi connectivity index (χ1n) is 10.1. The van der Waals surface area contributed by atoms with Gasteiger partial charge in [-0.1, -0.05) is 55.9 Å². The summed E-state index contributed by atoms with van der Waals surface area (Å²) in [4.78, 5) is 19.5. The maximum atomic E-state index is 13.9. The van der Waals surface area contributed by atoms with Crippen LogP contribution in [-0.4, -0.2) is 18.2 Å². The first-order valence-corrected chi connectivity index (χ1v) is 10.9. The summed E-state index contributed by atoms with van der Waals surface area (Å²) in [6, 6.07) is 20.0. The summed E-state index contributed by atoms with van der Waals surface area (Å²) in [5.74, 6) is 0.126. The van der Waals surface area contributed by atoms with Crippen LogP contribution in [0.5, 0.6) is 0 Å². The fraction of sp³-hybridized carbons (Fsp3) is 0.200. The number of fused-ring (bicyclic) bond motifs is 2. The molecule has 3 aromatic carbocycles. The molecule has 0 fully saturated rings. The first-order chi connectivity index (χ1) is 14.5. The van der Waals surface area contributed by atoms with Gasteiger partial charge in [-0.3, -0.25) is 4.79 Å². The number of nitrogens with one attached hydrogen (secondary N) is 1. The van der Waals surface area contributed by atoms with Gasteiger partial charge in [-0.15, -0.1) is 0 Å². The third kappa shape index (κ3) is 4.46. The van der Waals surface area contributed by atoms with E-state index < -0.39 is 0 Å². The van der Waals surface area contributed by atoms with Gasteiger partial charge in [0.2, 0.25) is 0 Å². The van der Waals surface area contributed by atoms with E-state index in [9.17, 15) is 9.18 Å². The second-order valence-corrected chi connectivity index (χ2v) is 8.77. The molecule has 3 aromatic rings. The van der Waals surface area contributed by atoms with Gasteiger partial charge in [-0.25, -0.2) is 9.38 Å². The average Bonchev–Trinajstić information content (AvgIpc) is 2.89. The summed E-state index contributed by atoms with van der Waals surface area (Å²) in [5.41, 5.74) is 3.65. The van der Waals surface area contributed by atoms with Crippen LogP contribution in [0.15, 0.2) is 81.5 Å². The van der Waals surface area contributed by atoms with Crippen LogP contribution in [0.4, 0.5) is 10.1 Å². The van der Waals surface area contributed by atoms with Crippen molar-refractivity contribution in [2.45, 2.75) is 30.1 Å². The van der Waals surface area contributed by atoms with E-state index in [-0.39, 0.29) is 11.7 Å². The van der Waals surface area contributed by atoms with Crippen LogP contribution in [0.1, 0.15) is 41.8 Å². The molecule has 30 heavy (non-hydrogen) atoms. The zero-order valence-electron chi connectivity index (χ0n) is 17.0. The lowest BCUT2D eigenvalue weighted by molar-refractivity contribution is 0.0952. The van der Waals surface area contributed by atoms with E-state index in [1.54, 1.807) is 17.8 Å². The second kappa shape index (κ2) is 8.84. The minimum atomic E-state index is -0.303. The minimum Gasteiger partial charge on any atom is -0.352 e. The van der Waals surface area contributed by atoms with Crippen LogP contribution in [0.2, 0.25) is 0 Å². The fourth-order valence-corrected chi connectivity index (χ4v) is 4.32. The maximum Gasteiger partial charge on any atom is 0.251 e. The number of aliphatic imine (C=N–C) groups is 1. The number of amides is 1. The van der Waals surface area contributed by atoms with Gasteiger partial charge < -0.3 is 5.32 Å². The molecule has 0 bridgehead atoms. The number of nitrogens with zero attached hydrogens (tertiary/aromatic N) is 1. The number of carbonyl (C=O) groups excluding carboxylic acids is 1. The Bertz CT molecular complexity index is 1120. The Morgan fingerprint density at radius 2 is 1.87 bits per heavy atom. The Hall–Kier alpha value is -2.92. The van der Waals surface area contributed by atoms with Gasteiger partial charge in [0.1, 0.15) is 5.82 Å². The van der Waals surface area contributed by atoms with E-state index in [1.165, 1.54) is 12.1 Å². The molecule has 1 aliphatic heterocycles. The molecule has 1 heterocycles. The number of halogens is 1. The molecule has 1 N–H and O–H groups in total. The topological polar surface area (TPSA) is 41.5 Å². The van der Waals surface area contributed by atoms with Gasteiger partial charge in [-0.2, -0.15) is 0 Å². The normalized spacial score (nSPS) is 12.6. The van der Waals surface area contributed by atoms with E-state index >= 15 is 0 Å². The predicted molar refractivity (Wildman–Crippen MR) is 120 cm³/mol. The van der Waals surface area contributed by atoms with E-state index in [4.69, 9.17) is 4.99 Å². The molecule has 0 saturated heterocycles. The van der Waals surface area contributed by atoms with E-state index in [0.717, 1.165) is 21.8 Å². The molecule has 0 spiro atoms. The fourth-order valence-electron chi connectivity index (χ4n) is 3.31. The van der Waals surface area contributed by atoms with Gasteiger partial charge in [0.05, 0.1) is 11.4 Å². The standard InChI is InChI=1S/C25H23FN2OS/c1-16(2)12-13-27-25(29)18-10-11-23-21(15-18)28-24(17-6-5-7-19(26)14-17)20-8-3-4-9-22(20)30-23/h3-11,14-16H,12-13H2,1-2H3,(H,27,29). The highest BCUT2D eigenvalue weighted by atomic mass is 32.2. The maximum absolute atomic E-state index is 13.9. The van der Waals surface area contributed by atoms with Crippen LogP contribution in [-0.2, 0) is 0 Å². The van der Waals surface area contributed by atoms with Crippen molar-refractivity contribution in [1.29, 1.82) is 0 Å². The van der Waals surface area contributed by atoms with Crippen molar-refractivity contribution in [2.24, 2.45) is 10.9 Å². The smallest absolute Gasteiger partial charge is 0.251 e. The van der Waals surface area contributed by atoms with Crippen molar-refractivity contribution in [3.05, 3.63) is 89.2 Å². The van der Waals surface area contributed by atoms with Crippen molar-refractivity contribution >= 4 is 29.1 Å². The average molecular weight is 419 g/mol. The molecule has 0 saturated carbocycles. The monoisotopic (exact) mass is 418 g/mol. The van der Waals surface area contributed by atoms with Crippen molar-refractivity contribution in [2.75, 3.05) is 6.54 Å². The molecular weight excluding hydrogens is 395 g/mol. The van der Waals surface area contributed by atoms with Crippen molar-refractivity contribution in [3.8, 4) is 0 Å². The lowest BCUT2D eigenvalue weighted by Gasteiger charge is -2.09. The van der Waals surface area contributed by atoms with Crippen molar-refractivity contribution in [3.63, 3.8) is 0 Å². The number of hydrogen-bond donors (Lipinski definition) is 1. The van der Waals surface area contributed by atoms with Crippen LogP contribution in [0, 0.1) is 11.7 Å². The molecule has 1 amide bonds. The second-order valence-electron chi connectivity index (χ2n) is 7.69. The minimum absolute atomic E-state index is 0.104. The van der Waals surface area contributed by atoms with E-state index in [2.05, 4.69) is 19.2 Å². The summed E-state index contributed by atoms with van der Waals surface area (Å²) in [7, 11) is 0. The molecule has 3 nitrogen and oxygen atoms in total. The van der Waals surface area contributed by atoms with Crippen LogP contribution >= 0.6 is 11.8 Å². The highest BCUT2D eigenvalue weighted by molar-refractivity contribution is 7.99. The van der Waals surface area contributed by atoms with Crippen molar-refractivity contribution < 1.29 is 9.18 Å². The lowest BCUT2D eigenvalue weighted by atomic mass is 10.0. The summed E-state index contributed by atoms with van der Waals surface area (Å²) in [6.45, 7) is 4.91. The molecule has 0 radical (unpaired) electrons. The molecule has 1 aliphatic rings. The predicted octanol–water partition coefficient (Wildman–Crippen LogP) is 6.24. The van der Waals surface area contributed by atoms with Crippen LogP contribution < -0.4 is 5.32 Å². The summed E-state index contributed by atoms with van der Waals surface area (Å²) in [5, 5.41) is 2.98. The molecule has 0 atom stereocenters. The zero-order chi connectivity index (χ0) is 21.1. The molecule has 5 heteroatoms. The van der Waals surface area contributed by atoms with Gasteiger partial charge in [-0.05, 0) is 48.7 Å². The molecule has 0 aliphatic carbocycles. The SMILES string of the molecule is CC(C)CCNC(=O)c1ccc2c(c1)N=C(c1cccc(F)c1)c1ccccc1S2. The van der Waals surface area contributed by atoms with Crippen molar-refractivity contribution in [1.82, 2.24) is 5.32 Å². The summed E-state index contributed by atoms with van der Waals surface area (Å²) in [6.07, 6.45) is 0.934. The Labute approximate surface area is 180 Å². The number of carbonyl (C=O) groups is 1. The van der Waals surface area contributed by atoms with E-state index in [1.807, 2.05) is 48.5 Å². The zero-order valence-corrected chi connectivity index (χ0v) is 17.8. The molecule has 0 aromatic heterocycles. The number of hydrogen-bond acceptors (Lipinski definition) is 3. The highest BCUT2D eigenvalue weighted by Gasteiger charge is 2.20. The highest BCUT2D eigenvalue weighted by Crippen LogP contribution is 2.41. The third-order valence-corrected chi connectivity index (χ3v) is 6.06. The first kappa shape index (κ1) is 20.4. The Morgan fingerprint density at radius 1 is 1.03 bits per heavy atom. The molecule has 0 unspecified atom stereocenters. The van der Waals surface area contributed by atoms with Gasteiger partial charge in [0.25, 0.3) is 5.91 Å². The summed E-state index contributed by atoms with van der Waals surface area (Å²) < 4.78 is 13.9. The van der Waals surface area contributed by atoms with Gasteiger partial charge in [0.15, 0.2) is 0 Å². The van der Waals surface area contributed by atoms with E-state index in [0.29, 0.717) is 35.0 Å². The molecular formula is C25H23FN2OS. The van der Waals surface area contributed by atoms with Crippen LogP contribution in [0.25, 0.3) is 0 Å². The quantitative estimate of drug-likeness (QED) is 0.417.